The summed E-state index contributed by atoms with van der Waals surface area (Å²) in [7, 11) is 0. The number of unbranched alkanes of at least 4 members (excludes halogenated alkanes) is 8. The minimum atomic E-state index is -0.203. The fourth-order valence-corrected chi connectivity index (χ4v) is 2.64. The van der Waals surface area contributed by atoms with E-state index in [4.69, 9.17) is 0 Å². The highest BCUT2D eigenvalue weighted by Gasteiger charge is 2.09. The van der Waals surface area contributed by atoms with E-state index < -0.39 is 0 Å². The van der Waals surface area contributed by atoms with Gasteiger partial charge in [0.15, 0.2) is 0 Å². The second kappa shape index (κ2) is 15.3. The van der Waals surface area contributed by atoms with Gasteiger partial charge in [0.25, 0.3) is 0 Å². The monoisotopic (exact) mass is 286 g/mol. The Labute approximate surface area is 127 Å². The zero-order chi connectivity index (χ0) is 15.1. The minimum absolute atomic E-state index is 0.202. The molecular formula is C18H38O2. The molecule has 2 atom stereocenters. The average molecular weight is 286 g/mol. The Morgan fingerprint density at radius 3 is 1.30 bits per heavy atom. The van der Waals surface area contributed by atoms with Crippen LogP contribution in [0.15, 0.2) is 0 Å². The van der Waals surface area contributed by atoms with Crippen molar-refractivity contribution in [2.75, 3.05) is 0 Å². The van der Waals surface area contributed by atoms with E-state index >= 15 is 0 Å². The lowest BCUT2D eigenvalue weighted by atomic mass is 10.0. The lowest BCUT2D eigenvalue weighted by Gasteiger charge is -2.14. The summed E-state index contributed by atoms with van der Waals surface area (Å²) in [4.78, 5) is 0. The van der Waals surface area contributed by atoms with Crippen LogP contribution in [-0.4, -0.2) is 22.4 Å². The molecule has 0 saturated carbocycles. The summed E-state index contributed by atoms with van der Waals surface area (Å²) in [5, 5.41) is 19.8. The number of aliphatic hydroxyl groups is 2. The van der Waals surface area contributed by atoms with Crippen LogP contribution in [-0.2, 0) is 0 Å². The number of rotatable bonds is 15. The number of hydrogen-bond acceptors (Lipinski definition) is 2. The molecule has 0 aliphatic rings. The molecule has 2 N–H and O–H groups in total. The minimum Gasteiger partial charge on any atom is -0.393 e. The Morgan fingerprint density at radius 2 is 0.850 bits per heavy atom. The van der Waals surface area contributed by atoms with Gasteiger partial charge in [-0.1, -0.05) is 78.1 Å². The molecule has 122 valence electrons. The molecule has 0 saturated heterocycles. The maximum atomic E-state index is 9.90. The predicted octanol–water partition coefficient (Wildman–Crippen LogP) is 5.21. The van der Waals surface area contributed by atoms with E-state index in [1.807, 2.05) is 0 Å². The molecule has 0 amide bonds. The van der Waals surface area contributed by atoms with Crippen LogP contribution < -0.4 is 0 Å². The molecule has 2 nitrogen and oxygen atoms in total. The molecule has 0 radical (unpaired) electrons. The molecule has 0 aliphatic heterocycles. The molecule has 0 aromatic carbocycles. The van der Waals surface area contributed by atoms with Gasteiger partial charge >= 0.3 is 0 Å². The Kier molecular flexibility index (Phi) is 15.3. The SMILES string of the molecule is CCCCCCCC[C@H](O)CC[C@@H](O)CCCCCC. The fraction of sp³-hybridized carbons (Fsp3) is 1.00. The predicted molar refractivity (Wildman–Crippen MR) is 88.0 cm³/mol. The van der Waals surface area contributed by atoms with Crippen LogP contribution in [0.5, 0.6) is 0 Å². The van der Waals surface area contributed by atoms with E-state index in [1.165, 1.54) is 51.4 Å². The molecule has 0 unspecified atom stereocenters. The third-order valence-electron chi connectivity index (χ3n) is 4.11. The van der Waals surface area contributed by atoms with Crippen LogP contribution in [0.25, 0.3) is 0 Å². The highest BCUT2D eigenvalue weighted by Crippen LogP contribution is 2.14. The highest BCUT2D eigenvalue weighted by atomic mass is 16.3. The van der Waals surface area contributed by atoms with Gasteiger partial charge in [0.2, 0.25) is 0 Å². The van der Waals surface area contributed by atoms with Crippen molar-refractivity contribution in [1.29, 1.82) is 0 Å². The summed E-state index contributed by atoms with van der Waals surface area (Å²) in [6.45, 7) is 4.44. The van der Waals surface area contributed by atoms with Crippen molar-refractivity contribution in [3.05, 3.63) is 0 Å². The topological polar surface area (TPSA) is 40.5 Å². The van der Waals surface area contributed by atoms with Gasteiger partial charge in [-0.05, 0) is 25.7 Å². The van der Waals surface area contributed by atoms with E-state index in [-0.39, 0.29) is 12.2 Å². The molecule has 0 fully saturated rings. The summed E-state index contributed by atoms with van der Waals surface area (Å²) in [6, 6.07) is 0. The van der Waals surface area contributed by atoms with Crippen LogP contribution in [0.2, 0.25) is 0 Å². The molecule has 0 bridgehead atoms. The smallest absolute Gasteiger partial charge is 0.0541 e. The largest absolute Gasteiger partial charge is 0.393 e. The third kappa shape index (κ3) is 14.3. The molecule has 0 aromatic heterocycles. The molecule has 0 heterocycles. The summed E-state index contributed by atoms with van der Waals surface area (Å²) in [5.41, 5.74) is 0. The van der Waals surface area contributed by atoms with Crippen LogP contribution in [0.1, 0.15) is 104 Å². The first-order chi connectivity index (χ1) is 9.70. The van der Waals surface area contributed by atoms with Crippen molar-refractivity contribution in [2.24, 2.45) is 0 Å². The van der Waals surface area contributed by atoms with Gasteiger partial charge in [0.1, 0.15) is 0 Å². The van der Waals surface area contributed by atoms with Gasteiger partial charge in [-0.3, -0.25) is 0 Å². The standard InChI is InChI=1S/C18H38O2/c1-3-5-7-9-10-12-14-18(20)16-15-17(19)13-11-8-6-4-2/h17-20H,3-16H2,1-2H3/t17-,18-/m0/s1. The van der Waals surface area contributed by atoms with E-state index in [2.05, 4.69) is 13.8 Å². The van der Waals surface area contributed by atoms with Crippen LogP contribution in [0.4, 0.5) is 0 Å². The maximum absolute atomic E-state index is 9.90. The number of hydrogen-bond donors (Lipinski definition) is 2. The van der Waals surface area contributed by atoms with Crippen molar-refractivity contribution in [3.63, 3.8) is 0 Å². The van der Waals surface area contributed by atoms with Crippen molar-refractivity contribution in [3.8, 4) is 0 Å². The van der Waals surface area contributed by atoms with Gasteiger partial charge in [-0.15, -0.1) is 0 Å². The van der Waals surface area contributed by atoms with Gasteiger partial charge in [-0.2, -0.15) is 0 Å². The lowest BCUT2D eigenvalue weighted by Crippen LogP contribution is -2.13. The van der Waals surface area contributed by atoms with Gasteiger partial charge in [0.05, 0.1) is 12.2 Å². The van der Waals surface area contributed by atoms with Gasteiger partial charge in [-0.25, -0.2) is 0 Å². The van der Waals surface area contributed by atoms with Crippen molar-refractivity contribution >= 4 is 0 Å². The summed E-state index contributed by atoms with van der Waals surface area (Å²) >= 11 is 0. The zero-order valence-corrected chi connectivity index (χ0v) is 13.9. The van der Waals surface area contributed by atoms with Crippen LogP contribution in [0, 0.1) is 0 Å². The first kappa shape index (κ1) is 19.9. The van der Waals surface area contributed by atoms with Crippen LogP contribution >= 0.6 is 0 Å². The summed E-state index contributed by atoms with van der Waals surface area (Å²) < 4.78 is 0. The Morgan fingerprint density at radius 1 is 0.500 bits per heavy atom. The van der Waals surface area contributed by atoms with Crippen LogP contribution in [0.3, 0.4) is 0 Å². The third-order valence-corrected chi connectivity index (χ3v) is 4.11. The van der Waals surface area contributed by atoms with E-state index in [1.54, 1.807) is 0 Å². The first-order valence-electron chi connectivity index (χ1n) is 9.06. The molecule has 0 spiro atoms. The van der Waals surface area contributed by atoms with Gasteiger partial charge < -0.3 is 10.2 Å². The summed E-state index contributed by atoms with van der Waals surface area (Å²) in [5.74, 6) is 0. The van der Waals surface area contributed by atoms with E-state index in [0.29, 0.717) is 0 Å². The first-order valence-corrected chi connectivity index (χ1v) is 9.06. The fourth-order valence-electron chi connectivity index (χ4n) is 2.64. The lowest BCUT2D eigenvalue weighted by molar-refractivity contribution is 0.101. The quantitative estimate of drug-likeness (QED) is 0.406. The van der Waals surface area contributed by atoms with Crippen molar-refractivity contribution < 1.29 is 10.2 Å². The molecule has 0 aliphatic carbocycles. The number of aliphatic hydroxyl groups excluding tert-OH is 2. The second-order valence-corrected chi connectivity index (χ2v) is 6.29. The molecule has 0 rings (SSSR count). The second-order valence-electron chi connectivity index (χ2n) is 6.29. The Hall–Kier alpha value is -0.0800. The van der Waals surface area contributed by atoms with Crippen molar-refractivity contribution in [1.82, 2.24) is 0 Å². The Bertz CT molecular complexity index is 182. The molecular weight excluding hydrogens is 248 g/mol. The molecule has 2 heteroatoms. The maximum Gasteiger partial charge on any atom is 0.0541 e. The van der Waals surface area contributed by atoms with Gasteiger partial charge in [0, 0.05) is 0 Å². The summed E-state index contributed by atoms with van der Waals surface area (Å²) in [6.07, 6.45) is 15.5. The zero-order valence-electron chi connectivity index (χ0n) is 13.9. The van der Waals surface area contributed by atoms with Crippen molar-refractivity contribution in [2.45, 2.75) is 116 Å². The Balaban J connectivity index is 3.31. The average Bonchev–Trinajstić information content (AvgIpc) is 2.45. The molecule has 0 aromatic rings. The molecule has 20 heavy (non-hydrogen) atoms. The van der Waals surface area contributed by atoms with E-state index in [0.717, 1.165) is 38.5 Å². The normalized spacial score (nSPS) is 14.4. The highest BCUT2D eigenvalue weighted by molar-refractivity contribution is 4.62. The van der Waals surface area contributed by atoms with E-state index in [9.17, 15) is 10.2 Å².